The molecule has 0 aliphatic carbocycles. The third kappa shape index (κ3) is 3.40. The highest BCUT2D eigenvalue weighted by atomic mass is 16.5. The van der Waals surface area contributed by atoms with Crippen LogP contribution in [-0.4, -0.2) is 37.0 Å². The van der Waals surface area contributed by atoms with Gasteiger partial charge in [0, 0.05) is 19.6 Å². The molecule has 1 spiro atoms. The zero-order chi connectivity index (χ0) is 17.1. The molecule has 2 heterocycles. The molecule has 0 aromatic heterocycles. The normalized spacial score (nSPS) is 19.1. The Bertz CT molecular complexity index is 729. The summed E-state index contributed by atoms with van der Waals surface area (Å²) in [6.45, 7) is 3.88. The van der Waals surface area contributed by atoms with E-state index in [-0.39, 0.29) is 5.91 Å². The summed E-state index contributed by atoms with van der Waals surface area (Å²) in [5.41, 5.74) is 1.06. The second-order valence-corrected chi connectivity index (χ2v) is 7.13. The maximum absolute atomic E-state index is 13.0. The minimum absolute atomic E-state index is 0.0762. The lowest BCUT2D eigenvalue weighted by Gasteiger charge is -2.39. The van der Waals surface area contributed by atoms with Gasteiger partial charge in [-0.25, -0.2) is 0 Å². The van der Waals surface area contributed by atoms with E-state index in [2.05, 4.69) is 5.32 Å². The molecule has 0 saturated carbocycles. The standard InChI is InChI=1S/C21H24N2O2/c24-20(23-14-11-21(12-15-23)10-13-22-16-21)18-8-4-5-9-19(18)25-17-6-2-1-3-7-17/h1-9,22H,10-16H2. The van der Waals surface area contributed by atoms with Crippen LogP contribution in [-0.2, 0) is 0 Å². The fourth-order valence-corrected chi connectivity index (χ4v) is 3.92. The van der Waals surface area contributed by atoms with Crippen molar-refractivity contribution < 1.29 is 9.53 Å². The molecule has 0 radical (unpaired) electrons. The van der Waals surface area contributed by atoms with Crippen molar-refractivity contribution in [2.24, 2.45) is 5.41 Å². The summed E-state index contributed by atoms with van der Waals surface area (Å²) in [6, 6.07) is 17.2. The Labute approximate surface area is 148 Å². The number of rotatable bonds is 3. The van der Waals surface area contributed by atoms with Gasteiger partial charge in [-0.15, -0.1) is 0 Å². The third-order valence-electron chi connectivity index (χ3n) is 5.53. The van der Waals surface area contributed by atoms with Crippen LogP contribution >= 0.6 is 0 Å². The monoisotopic (exact) mass is 336 g/mol. The maximum atomic E-state index is 13.0. The van der Waals surface area contributed by atoms with Crippen LogP contribution in [0.2, 0.25) is 0 Å². The number of para-hydroxylation sites is 2. The van der Waals surface area contributed by atoms with Crippen LogP contribution in [0, 0.1) is 5.41 Å². The second-order valence-electron chi connectivity index (χ2n) is 7.13. The first-order chi connectivity index (χ1) is 12.3. The molecule has 2 aliphatic heterocycles. The molecule has 0 bridgehead atoms. The summed E-state index contributed by atoms with van der Waals surface area (Å²) in [7, 11) is 0. The molecule has 130 valence electrons. The number of piperidine rings is 1. The van der Waals surface area contributed by atoms with Crippen molar-refractivity contribution in [1.82, 2.24) is 10.2 Å². The number of hydrogen-bond acceptors (Lipinski definition) is 3. The molecule has 0 unspecified atom stereocenters. The SMILES string of the molecule is O=C(c1ccccc1Oc1ccccc1)N1CCC2(CCNC2)CC1. The molecule has 0 atom stereocenters. The number of nitrogens with zero attached hydrogens (tertiary/aromatic N) is 1. The molecule has 2 aromatic rings. The van der Waals surface area contributed by atoms with Crippen molar-refractivity contribution in [2.75, 3.05) is 26.2 Å². The Kier molecular flexibility index (Phi) is 4.45. The van der Waals surface area contributed by atoms with Crippen LogP contribution in [0.3, 0.4) is 0 Å². The number of likely N-dealkylation sites (tertiary alicyclic amines) is 1. The lowest BCUT2D eigenvalue weighted by Crippen LogP contribution is -2.44. The van der Waals surface area contributed by atoms with Gasteiger partial charge in [-0.2, -0.15) is 0 Å². The molecule has 4 nitrogen and oxygen atoms in total. The van der Waals surface area contributed by atoms with Crippen molar-refractivity contribution in [1.29, 1.82) is 0 Å². The van der Waals surface area contributed by atoms with Gasteiger partial charge in [0.15, 0.2) is 0 Å². The van der Waals surface area contributed by atoms with Gasteiger partial charge in [0.2, 0.25) is 0 Å². The predicted octanol–water partition coefficient (Wildman–Crippen LogP) is 3.69. The molecule has 2 aromatic carbocycles. The Morgan fingerprint density at radius 3 is 2.40 bits per heavy atom. The number of hydrogen-bond donors (Lipinski definition) is 1. The van der Waals surface area contributed by atoms with Crippen molar-refractivity contribution in [2.45, 2.75) is 19.3 Å². The fraction of sp³-hybridized carbons (Fsp3) is 0.381. The predicted molar refractivity (Wildman–Crippen MR) is 98.0 cm³/mol. The highest BCUT2D eigenvalue weighted by Gasteiger charge is 2.38. The second kappa shape index (κ2) is 6.89. The summed E-state index contributed by atoms with van der Waals surface area (Å²) in [4.78, 5) is 15.0. The number of nitrogens with one attached hydrogen (secondary N) is 1. The minimum atomic E-state index is 0.0762. The van der Waals surface area contributed by atoms with Crippen molar-refractivity contribution in [3.63, 3.8) is 0 Å². The van der Waals surface area contributed by atoms with E-state index in [1.165, 1.54) is 6.42 Å². The Hall–Kier alpha value is -2.33. The maximum Gasteiger partial charge on any atom is 0.257 e. The Morgan fingerprint density at radius 2 is 1.68 bits per heavy atom. The smallest absolute Gasteiger partial charge is 0.257 e. The van der Waals surface area contributed by atoms with Crippen LogP contribution in [0.1, 0.15) is 29.6 Å². The molecule has 4 heteroatoms. The number of carbonyl (C=O) groups excluding carboxylic acids is 1. The zero-order valence-electron chi connectivity index (χ0n) is 14.4. The average molecular weight is 336 g/mol. The van der Waals surface area contributed by atoms with Gasteiger partial charge in [-0.1, -0.05) is 30.3 Å². The zero-order valence-corrected chi connectivity index (χ0v) is 14.4. The first kappa shape index (κ1) is 16.2. The molecular formula is C21H24N2O2. The van der Waals surface area contributed by atoms with E-state index < -0.39 is 0 Å². The topological polar surface area (TPSA) is 41.6 Å². The quantitative estimate of drug-likeness (QED) is 0.929. The molecule has 2 saturated heterocycles. The third-order valence-corrected chi connectivity index (χ3v) is 5.53. The lowest BCUT2D eigenvalue weighted by molar-refractivity contribution is 0.0605. The number of amides is 1. The summed E-state index contributed by atoms with van der Waals surface area (Å²) < 4.78 is 5.96. The molecular weight excluding hydrogens is 312 g/mol. The van der Waals surface area contributed by atoms with Crippen LogP contribution in [0.25, 0.3) is 0 Å². The van der Waals surface area contributed by atoms with Gasteiger partial charge in [-0.3, -0.25) is 4.79 Å². The fourth-order valence-electron chi connectivity index (χ4n) is 3.92. The van der Waals surface area contributed by atoms with Gasteiger partial charge in [-0.05, 0) is 55.5 Å². The summed E-state index contributed by atoms with van der Waals surface area (Å²) in [6.07, 6.45) is 3.42. The van der Waals surface area contributed by atoms with Crippen molar-refractivity contribution in [3.05, 3.63) is 60.2 Å². The molecule has 2 fully saturated rings. The highest BCUT2D eigenvalue weighted by molar-refractivity contribution is 5.97. The van der Waals surface area contributed by atoms with E-state index in [0.717, 1.165) is 44.8 Å². The van der Waals surface area contributed by atoms with Gasteiger partial charge < -0.3 is 15.0 Å². The van der Waals surface area contributed by atoms with Gasteiger partial charge in [0.1, 0.15) is 11.5 Å². The van der Waals surface area contributed by atoms with Crippen LogP contribution in [0.5, 0.6) is 11.5 Å². The van der Waals surface area contributed by atoms with Crippen LogP contribution in [0.15, 0.2) is 54.6 Å². The summed E-state index contributed by atoms with van der Waals surface area (Å²) >= 11 is 0. The Balaban J connectivity index is 1.49. The Morgan fingerprint density at radius 1 is 0.960 bits per heavy atom. The highest BCUT2D eigenvalue weighted by Crippen LogP contribution is 2.37. The van der Waals surface area contributed by atoms with Crippen LogP contribution in [0.4, 0.5) is 0 Å². The van der Waals surface area contributed by atoms with E-state index in [9.17, 15) is 4.79 Å². The minimum Gasteiger partial charge on any atom is -0.457 e. The van der Waals surface area contributed by atoms with E-state index in [1.54, 1.807) is 0 Å². The summed E-state index contributed by atoms with van der Waals surface area (Å²) in [5.74, 6) is 1.45. The molecule has 25 heavy (non-hydrogen) atoms. The van der Waals surface area contributed by atoms with Gasteiger partial charge in [0.25, 0.3) is 5.91 Å². The number of ether oxygens (including phenoxy) is 1. The molecule has 4 rings (SSSR count). The van der Waals surface area contributed by atoms with Crippen molar-refractivity contribution in [3.8, 4) is 11.5 Å². The largest absolute Gasteiger partial charge is 0.457 e. The van der Waals surface area contributed by atoms with E-state index >= 15 is 0 Å². The van der Waals surface area contributed by atoms with Gasteiger partial charge in [0.05, 0.1) is 5.56 Å². The summed E-state index contributed by atoms with van der Waals surface area (Å²) in [5, 5.41) is 3.47. The lowest BCUT2D eigenvalue weighted by atomic mass is 9.78. The first-order valence-electron chi connectivity index (χ1n) is 9.08. The van der Waals surface area contributed by atoms with Crippen LogP contribution < -0.4 is 10.1 Å². The molecule has 1 amide bonds. The molecule has 1 N–H and O–H groups in total. The number of benzene rings is 2. The average Bonchev–Trinajstić information content (AvgIpc) is 3.11. The van der Waals surface area contributed by atoms with Gasteiger partial charge >= 0.3 is 0 Å². The van der Waals surface area contributed by atoms with E-state index in [0.29, 0.717) is 16.7 Å². The first-order valence-corrected chi connectivity index (χ1v) is 9.08. The van der Waals surface area contributed by atoms with E-state index in [4.69, 9.17) is 4.74 Å². The van der Waals surface area contributed by atoms with E-state index in [1.807, 2.05) is 59.5 Å². The van der Waals surface area contributed by atoms with Crippen molar-refractivity contribution >= 4 is 5.91 Å². The number of carbonyl (C=O) groups is 1. The molecule has 2 aliphatic rings.